The Morgan fingerprint density at radius 2 is 1.85 bits per heavy atom. The summed E-state index contributed by atoms with van der Waals surface area (Å²) in [5.74, 6) is -1.24. The van der Waals surface area contributed by atoms with Gasteiger partial charge in [-0.05, 0) is 17.7 Å². The Morgan fingerprint density at radius 3 is 2.42 bits per heavy atom. The van der Waals surface area contributed by atoms with Crippen LogP contribution in [0.25, 0.3) is 0 Å². The fraction of sp³-hybridized carbons (Fsp3) is 0.529. The number of carbonyl (C=O) groups excluding carboxylic acids is 2. The zero-order valence-corrected chi connectivity index (χ0v) is 14.3. The Morgan fingerprint density at radius 1 is 1.23 bits per heavy atom. The third-order valence-electron chi connectivity index (χ3n) is 4.43. The lowest BCUT2D eigenvalue weighted by Crippen LogP contribution is -2.60. The van der Waals surface area contributed by atoms with E-state index in [4.69, 9.17) is 0 Å². The molecule has 0 aromatic heterocycles. The van der Waals surface area contributed by atoms with Crippen molar-refractivity contribution in [2.45, 2.75) is 24.5 Å². The van der Waals surface area contributed by atoms with Crippen LogP contribution >= 0.6 is 0 Å². The highest BCUT2D eigenvalue weighted by Gasteiger charge is 2.35. The van der Waals surface area contributed by atoms with E-state index in [1.54, 1.807) is 12.1 Å². The summed E-state index contributed by atoms with van der Waals surface area (Å²) < 4.78 is 13.0. The second-order valence-corrected chi connectivity index (χ2v) is 6.41. The van der Waals surface area contributed by atoms with E-state index in [1.165, 1.54) is 12.1 Å². The highest BCUT2D eigenvalue weighted by Crippen LogP contribution is 2.15. The maximum absolute atomic E-state index is 13.0. The minimum Gasteiger partial charge on any atom is -0.394 e. The number of rotatable bonds is 8. The van der Waals surface area contributed by atoms with Crippen molar-refractivity contribution in [1.82, 2.24) is 15.5 Å². The van der Waals surface area contributed by atoms with Crippen molar-refractivity contribution in [2.24, 2.45) is 0 Å². The van der Waals surface area contributed by atoms with Crippen molar-refractivity contribution in [2.75, 3.05) is 32.9 Å². The van der Waals surface area contributed by atoms with E-state index in [-0.39, 0.29) is 18.1 Å². The lowest BCUT2D eigenvalue weighted by molar-refractivity contribution is -0.135. The van der Waals surface area contributed by atoms with Crippen LogP contribution in [0, 0.1) is 5.82 Å². The molecular weight excluding hydrogens is 345 g/mol. The van der Waals surface area contributed by atoms with Crippen LogP contribution < -0.4 is 10.6 Å². The Bertz CT molecular complexity index is 613. The van der Waals surface area contributed by atoms with Gasteiger partial charge in [0.1, 0.15) is 11.4 Å². The number of piperazine rings is 1. The molecule has 2 amide bonds. The second kappa shape index (κ2) is 9.04. The fourth-order valence-corrected chi connectivity index (χ4v) is 2.79. The monoisotopic (exact) mass is 369 g/mol. The van der Waals surface area contributed by atoms with Crippen LogP contribution in [-0.4, -0.2) is 76.5 Å². The predicted molar refractivity (Wildman–Crippen MR) is 90.4 cm³/mol. The van der Waals surface area contributed by atoms with Crippen molar-refractivity contribution < 1.29 is 29.3 Å². The summed E-state index contributed by atoms with van der Waals surface area (Å²) in [5.41, 5.74) is -0.730. The molecule has 1 aromatic rings. The average molecular weight is 369 g/mol. The highest BCUT2D eigenvalue weighted by molar-refractivity contribution is 5.89. The molecule has 1 aliphatic rings. The third-order valence-corrected chi connectivity index (χ3v) is 4.43. The lowest BCUT2D eigenvalue weighted by atomic mass is 10.0. The first-order chi connectivity index (χ1) is 12.4. The van der Waals surface area contributed by atoms with Gasteiger partial charge in [0.15, 0.2) is 0 Å². The minimum atomic E-state index is -1.54. The van der Waals surface area contributed by atoms with Crippen LogP contribution in [0.15, 0.2) is 24.3 Å². The molecule has 9 heteroatoms. The van der Waals surface area contributed by atoms with Gasteiger partial charge in [-0.15, -0.1) is 0 Å². The summed E-state index contributed by atoms with van der Waals surface area (Å²) in [7, 11) is 0. The van der Waals surface area contributed by atoms with E-state index < -0.39 is 37.3 Å². The number of nitrogens with zero attached hydrogens (tertiary/aromatic N) is 1. The second-order valence-electron chi connectivity index (χ2n) is 6.41. The zero-order valence-electron chi connectivity index (χ0n) is 14.3. The number of halogens is 1. The predicted octanol–water partition coefficient (Wildman–Crippen LogP) is -1.65. The summed E-state index contributed by atoms with van der Waals surface area (Å²) in [5, 5.41) is 33.0. The molecule has 0 saturated carbocycles. The SMILES string of the molecule is O=C(C[C@@H]1C(=O)NCCN1Cc1ccc(F)cc1)NC(CO)(CO)CO. The molecule has 0 radical (unpaired) electrons. The Balaban J connectivity index is 2.06. The molecule has 5 N–H and O–H groups in total. The zero-order chi connectivity index (χ0) is 19.2. The number of hydrogen-bond donors (Lipinski definition) is 5. The summed E-state index contributed by atoms with van der Waals surface area (Å²) in [4.78, 5) is 26.3. The van der Waals surface area contributed by atoms with Crippen molar-refractivity contribution in [3.05, 3.63) is 35.6 Å². The van der Waals surface area contributed by atoms with Gasteiger partial charge in [0.25, 0.3) is 0 Å². The van der Waals surface area contributed by atoms with Gasteiger partial charge in [0.2, 0.25) is 11.8 Å². The molecule has 1 aliphatic heterocycles. The van der Waals surface area contributed by atoms with E-state index in [9.17, 15) is 29.3 Å². The van der Waals surface area contributed by atoms with E-state index in [2.05, 4.69) is 10.6 Å². The van der Waals surface area contributed by atoms with Gasteiger partial charge in [-0.1, -0.05) is 12.1 Å². The van der Waals surface area contributed by atoms with Crippen molar-refractivity contribution in [3.63, 3.8) is 0 Å². The lowest BCUT2D eigenvalue weighted by Gasteiger charge is -2.36. The van der Waals surface area contributed by atoms with Crippen LogP contribution in [0.3, 0.4) is 0 Å². The number of benzene rings is 1. The molecule has 0 unspecified atom stereocenters. The minimum absolute atomic E-state index is 0.200. The van der Waals surface area contributed by atoms with Crippen molar-refractivity contribution >= 4 is 11.8 Å². The standard InChI is InChI=1S/C17H24FN3O5/c18-13-3-1-12(2-4-13)8-21-6-5-19-16(26)14(21)7-15(25)20-17(9-22,10-23)11-24/h1-4,14,22-24H,5-11H2,(H,19,26)(H,20,25)/t14-/m1/s1. The molecular formula is C17H24FN3O5. The quantitative estimate of drug-likeness (QED) is 0.374. The van der Waals surface area contributed by atoms with Crippen LogP contribution in [0.2, 0.25) is 0 Å². The molecule has 1 fully saturated rings. The van der Waals surface area contributed by atoms with Gasteiger partial charge >= 0.3 is 0 Å². The smallest absolute Gasteiger partial charge is 0.237 e. The van der Waals surface area contributed by atoms with Crippen LogP contribution in [0.1, 0.15) is 12.0 Å². The van der Waals surface area contributed by atoms with E-state index >= 15 is 0 Å². The molecule has 1 atom stereocenters. The topological polar surface area (TPSA) is 122 Å². The number of carbonyl (C=O) groups is 2. The van der Waals surface area contributed by atoms with Gasteiger partial charge in [0, 0.05) is 19.6 Å². The molecule has 2 rings (SSSR count). The van der Waals surface area contributed by atoms with E-state index in [1.807, 2.05) is 4.90 Å². The van der Waals surface area contributed by atoms with Gasteiger partial charge in [-0.2, -0.15) is 0 Å². The maximum Gasteiger partial charge on any atom is 0.237 e. The molecule has 1 heterocycles. The third kappa shape index (κ3) is 4.98. The summed E-state index contributed by atoms with van der Waals surface area (Å²) in [6.45, 7) is -0.583. The number of nitrogens with one attached hydrogen (secondary N) is 2. The number of amides is 2. The van der Waals surface area contributed by atoms with Gasteiger partial charge in [0.05, 0.1) is 32.3 Å². The molecule has 8 nitrogen and oxygen atoms in total. The van der Waals surface area contributed by atoms with Gasteiger partial charge in [-0.3, -0.25) is 14.5 Å². The first-order valence-electron chi connectivity index (χ1n) is 8.33. The number of aliphatic hydroxyl groups excluding tert-OH is 3. The maximum atomic E-state index is 13.0. The highest BCUT2D eigenvalue weighted by atomic mass is 19.1. The largest absolute Gasteiger partial charge is 0.394 e. The summed E-state index contributed by atoms with van der Waals surface area (Å²) in [6, 6.07) is 5.15. The summed E-state index contributed by atoms with van der Waals surface area (Å²) in [6.07, 6.45) is -0.200. The molecule has 0 aliphatic carbocycles. The Kier molecular flexibility index (Phi) is 7.04. The molecule has 144 valence electrons. The van der Waals surface area contributed by atoms with Crippen molar-refractivity contribution in [1.29, 1.82) is 0 Å². The molecule has 0 bridgehead atoms. The fourth-order valence-electron chi connectivity index (χ4n) is 2.79. The van der Waals surface area contributed by atoms with Gasteiger partial charge in [-0.25, -0.2) is 4.39 Å². The first kappa shape index (κ1) is 20.2. The van der Waals surface area contributed by atoms with Gasteiger partial charge < -0.3 is 26.0 Å². The molecule has 1 saturated heterocycles. The van der Waals surface area contributed by atoms with Crippen LogP contribution in [0.4, 0.5) is 4.39 Å². The number of aliphatic hydroxyl groups is 3. The number of hydrogen-bond acceptors (Lipinski definition) is 6. The summed E-state index contributed by atoms with van der Waals surface area (Å²) >= 11 is 0. The van der Waals surface area contributed by atoms with E-state index in [0.717, 1.165) is 5.56 Å². The molecule has 0 spiro atoms. The molecule has 26 heavy (non-hydrogen) atoms. The Hall–Kier alpha value is -2.07. The van der Waals surface area contributed by atoms with Crippen molar-refractivity contribution in [3.8, 4) is 0 Å². The van der Waals surface area contributed by atoms with Crippen LogP contribution in [-0.2, 0) is 16.1 Å². The van der Waals surface area contributed by atoms with E-state index in [0.29, 0.717) is 19.6 Å². The first-order valence-corrected chi connectivity index (χ1v) is 8.33. The normalized spacial score (nSPS) is 18.5. The van der Waals surface area contributed by atoms with Crippen LogP contribution in [0.5, 0.6) is 0 Å². The molecule has 1 aromatic carbocycles. The average Bonchev–Trinajstić information content (AvgIpc) is 2.64. The Labute approximate surface area is 150 Å².